The smallest absolute Gasteiger partial charge is 0.298 e. The van der Waals surface area contributed by atoms with Crippen molar-refractivity contribution in [2.24, 2.45) is 5.90 Å². The maximum Gasteiger partial charge on any atom is 0.417 e. The average molecular weight is 192 g/mol. The van der Waals surface area contributed by atoms with Gasteiger partial charge in [-0.2, -0.15) is 13.2 Å². The molecule has 0 saturated carbocycles. The van der Waals surface area contributed by atoms with Crippen LogP contribution in [0.15, 0.2) is 18.3 Å². The standard InChI is InChI=1S/C7H7F3N2O/c8-7(9,10)5-1-2-6(4-13-11)12-3-5/h1-3H,4,11H2. The van der Waals surface area contributed by atoms with Crippen molar-refractivity contribution in [1.29, 1.82) is 0 Å². The number of rotatable bonds is 2. The van der Waals surface area contributed by atoms with Gasteiger partial charge in [-0.15, -0.1) is 0 Å². The third kappa shape index (κ3) is 2.67. The number of nitrogens with two attached hydrogens (primary N) is 1. The summed E-state index contributed by atoms with van der Waals surface area (Å²) < 4.78 is 36.0. The lowest BCUT2D eigenvalue weighted by Crippen LogP contribution is -2.07. The molecular weight excluding hydrogens is 185 g/mol. The lowest BCUT2D eigenvalue weighted by atomic mass is 10.2. The quantitative estimate of drug-likeness (QED) is 0.722. The summed E-state index contributed by atoms with van der Waals surface area (Å²) in [6, 6.07) is 2.15. The molecule has 1 heterocycles. The molecule has 0 saturated heterocycles. The molecular formula is C7H7F3N2O. The maximum absolute atomic E-state index is 12.0. The highest BCUT2D eigenvalue weighted by Gasteiger charge is 2.30. The van der Waals surface area contributed by atoms with E-state index in [-0.39, 0.29) is 6.61 Å². The van der Waals surface area contributed by atoms with Crippen LogP contribution >= 0.6 is 0 Å². The predicted molar refractivity (Wildman–Crippen MR) is 38.2 cm³/mol. The van der Waals surface area contributed by atoms with Gasteiger partial charge < -0.3 is 0 Å². The van der Waals surface area contributed by atoms with E-state index < -0.39 is 11.7 Å². The molecule has 0 spiro atoms. The van der Waals surface area contributed by atoms with Crippen LogP contribution in [0.4, 0.5) is 13.2 Å². The molecule has 6 heteroatoms. The Morgan fingerprint density at radius 3 is 2.46 bits per heavy atom. The van der Waals surface area contributed by atoms with Crippen LogP contribution in [0.5, 0.6) is 0 Å². The average Bonchev–Trinajstić information content (AvgIpc) is 2.04. The molecule has 0 aromatic carbocycles. The Hall–Kier alpha value is -1.14. The first-order valence-electron chi connectivity index (χ1n) is 3.38. The maximum atomic E-state index is 12.0. The Labute approximate surface area is 72.3 Å². The summed E-state index contributed by atoms with van der Waals surface area (Å²) in [5.41, 5.74) is -0.427. The van der Waals surface area contributed by atoms with Gasteiger partial charge in [0.1, 0.15) is 6.61 Å². The molecule has 0 radical (unpaired) electrons. The number of nitrogens with zero attached hydrogens (tertiary/aromatic N) is 1. The van der Waals surface area contributed by atoms with Crippen molar-refractivity contribution in [3.63, 3.8) is 0 Å². The monoisotopic (exact) mass is 192 g/mol. The van der Waals surface area contributed by atoms with Gasteiger partial charge in [0.25, 0.3) is 0 Å². The molecule has 0 unspecified atom stereocenters. The molecule has 0 aliphatic heterocycles. The zero-order valence-electron chi connectivity index (χ0n) is 6.51. The predicted octanol–water partition coefficient (Wildman–Crippen LogP) is 1.49. The molecule has 0 amide bonds. The first-order valence-corrected chi connectivity index (χ1v) is 3.38. The number of pyridine rings is 1. The minimum atomic E-state index is -4.35. The summed E-state index contributed by atoms with van der Waals surface area (Å²) in [6.07, 6.45) is -3.61. The van der Waals surface area contributed by atoms with Crippen molar-refractivity contribution in [2.45, 2.75) is 12.8 Å². The second-order valence-electron chi connectivity index (χ2n) is 2.35. The van der Waals surface area contributed by atoms with Crippen molar-refractivity contribution >= 4 is 0 Å². The lowest BCUT2D eigenvalue weighted by Gasteiger charge is -2.05. The van der Waals surface area contributed by atoms with Crippen LogP contribution in [0, 0.1) is 0 Å². The highest BCUT2D eigenvalue weighted by atomic mass is 19.4. The summed E-state index contributed by atoms with van der Waals surface area (Å²) in [4.78, 5) is 7.72. The van der Waals surface area contributed by atoms with Gasteiger partial charge in [0.2, 0.25) is 0 Å². The van der Waals surface area contributed by atoms with Crippen LogP contribution in [0.2, 0.25) is 0 Å². The summed E-state index contributed by atoms with van der Waals surface area (Å²) in [5, 5.41) is 0. The number of hydrogen-bond acceptors (Lipinski definition) is 3. The molecule has 0 bridgehead atoms. The van der Waals surface area contributed by atoms with Crippen LogP contribution in [0.3, 0.4) is 0 Å². The largest absolute Gasteiger partial charge is 0.417 e. The molecule has 0 atom stereocenters. The van der Waals surface area contributed by atoms with E-state index >= 15 is 0 Å². The van der Waals surface area contributed by atoms with Crippen LogP contribution in [0.1, 0.15) is 11.3 Å². The fourth-order valence-corrected chi connectivity index (χ4v) is 0.763. The van der Waals surface area contributed by atoms with Gasteiger partial charge in [0.15, 0.2) is 0 Å². The number of alkyl halides is 3. The van der Waals surface area contributed by atoms with E-state index in [0.717, 1.165) is 12.3 Å². The van der Waals surface area contributed by atoms with Gasteiger partial charge in [-0.25, -0.2) is 5.90 Å². The molecule has 1 aromatic heterocycles. The fourth-order valence-electron chi connectivity index (χ4n) is 0.763. The van der Waals surface area contributed by atoms with Gasteiger partial charge in [-0.1, -0.05) is 0 Å². The van der Waals surface area contributed by atoms with Crippen molar-refractivity contribution in [2.75, 3.05) is 0 Å². The zero-order chi connectivity index (χ0) is 9.90. The Balaban J connectivity index is 2.81. The van der Waals surface area contributed by atoms with Crippen molar-refractivity contribution in [3.05, 3.63) is 29.6 Å². The molecule has 3 nitrogen and oxygen atoms in total. The minimum absolute atomic E-state index is 0.00185. The Morgan fingerprint density at radius 2 is 2.08 bits per heavy atom. The zero-order valence-corrected chi connectivity index (χ0v) is 6.51. The molecule has 1 rings (SSSR count). The topological polar surface area (TPSA) is 48.1 Å². The fraction of sp³-hybridized carbons (Fsp3) is 0.286. The van der Waals surface area contributed by atoms with Crippen molar-refractivity contribution in [3.8, 4) is 0 Å². The summed E-state index contributed by atoms with van der Waals surface area (Å²) in [6.45, 7) is -0.00185. The van der Waals surface area contributed by atoms with Gasteiger partial charge >= 0.3 is 6.18 Å². The van der Waals surface area contributed by atoms with Crippen molar-refractivity contribution < 1.29 is 18.0 Å². The Kier molecular flexibility index (Phi) is 2.84. The SMILES string of the molecule is NOCc1ccc(C(F)(F)F)cn1. The van der Waals surface area contributed by atoms with Crippen LogP contribution in [0.25, 0.3) is 0 Å². The van der Waals surface area contributed by atoms with Gasteiger partial charge in [-0.05, 0) is 12.1 Å². The first-order chi connectivity index (χ1) is 6.04. The minimum Gasteiger partial charge on any atom is -0.298 e. The molecule has 72 valence electrons. The van der Waals surface area contributed by atoms with E-state index in [1.165, 1.54) is 6.07 Å². The van der Waals surface area contributed by atoms with Gasteiger partial charge in [0.05, 0.1) is 11.3 Å². The summed E-state index contributed by atoms with van der Waals surface area (Å²) in [5.74, 6) is 4.72. The number of halogens is 3. The van der Waals surface area contributed by atoms with Crippen LogP contribution < -0.4 is 5.90 Å². The summed E-state index contributed by atoms with van der Waals surface area (Å²) in [7, 11) is 0. The van der Waals surface area contributed by atoms with Crippen molar-refractivity contribution in [1.82, 2.24) is 4.98 Å². The molecule has 0 aliphatic carbocycles. The van der Waals surface area contributed by atoms with Gasteiger partial charge in [0, 0.05) is 6.20 Å². The number of hydrogen-bond donors (Lipinski definition) is 1. The Bertz CT molecular complexity index is 270. The normalized spacial score (nSPS) is 11.7. The second kappa shape index (κ2) is 3.71. The molecule has 0 fully saturated rings. The molecule has 2 N–H and O–H groups in total. The molecule has 13 heavy (non-hydrogen) atoms. The third-order valence-electron chi connectivity index (χ3n) is 1.38. The first kappa shape index (κ1) is 9.94. The third-order valence-corrected chi connectivity index (χ3v) is 1.38. The van der Waals surface area contributed by atoms with E-state index in [9.17, 15) is 13.2 Å². The second-order valence-corrected chi connectivity index (χ2v) is 2.35. The van der Waals surface area contributed by atoms with E-state index in [1.54, 1.807) is 0 Å². The van der Waals surface area contributed by atoms with E-state index in [0.29, 0.717) is 5.69 Å². The Morgan fingerprint density at radius 1 is 1.38 bits per heavy atom. The summed E-state index contributed by atoms with van der Waals surface area (Å²) >= 11 is 0. The van der Waals surface area contributed by atoms with E-state index in [1.807, 2.05) is 0 Å². The number of aromatic nitrogens is 1. The highest BCUT2D eigenvalue weighted by Crippen LogP contribution is 2.28. The highest BCUT2D eigenvalue weighted by molar-refractivity contribution is 5.16. The van der Waals surface area contributed by atoms with Crippen LogP contribution in [-0.4, -0.2) is 4.98 Å². The molecule has 1 aromatic rings. The lowest BCUT2D eigenvalue weighted by molar-refractivity contribution is -0.137. The van der Waals surface area contributed by atoms with E-state index in [2.05, 4.69) is 9.82 Å². The van der Waals surface area contributed by atoms with E-state index in [4.69, 9.17) is 5.90 Å². The van der Waals surface area contributed by atoms with Gasteiger partial charge in [-0.3, -0.25) is 9.82 Å². The molecule has 0 aliphatic rings. The van der Waals surface area contributed by atoms with Crippen LogP contribution in [-0.2, 0) is 17.6 Å².